The number of rotatable bonds is 5. The molecule has 2 aliphatic heterocycles. The normalized spacial score (nSPS) is 38.9. The van der Waals surface area contributed by atoms with Crippen molar-refractivity contribution < 1.29 is 19.1 Å². The van der Waals surface area contributed by atoms with Crippen molar-refractivity contribution >= 4 is 11.8 Å². The molecule has 0 bridgehead atoms. The average molecular weight is 296 g/mol. The van der Waals surface area contributed by atoms with E-state index in [4.69, 9.17) is 9.47 Å². The summed E-state index contributed by atoms with van der Waals surface area (Å²) in [6.45, 7) is 3.33. The van der Waals surface area contributed by atoms with E-state index in [2.05, 4.69) is 10.6 Å². The molecule has 2 saturated heterocycles. The minimum atomic E-state index is -0.0954. The van der Waals surface area contributed by atoms with Crippen LogP contribution in [0.15, 0.2) is 0 Å². The number of ether oxygens (including phenoxy) is 2. The SMILES string of the molecule is CCOC1CC1C(=O)NC1CCC(=O)NC1C1CCCO1. The van der Waals surface area contributed by atoms with Gasteiger partial charge in [0.15, 0.2) is 0 Å². The number of piperidine rings is 1. The standard InChI is InChI=1S/C15H24N2O4/c1-2-20-12-8-9(12)15(19)16-10-5-6-13(18)17-14(10)11-4-3-7-21-11/h9-12,14H,2-8H2,1H3,(H,16,19)(H,17,18). The van der Waals surface area contributed by atoms with Gasteiger partial charge in [0.25, 0.3) is 0 Å². The Balaban J connectivity index is 1.57. The molecule has 1 aliphatic carbocycles. The summed E-state index contributed by atoms with van der Waals surface area (Å²) in [5, 5.41) is 6.10. The Hall–Kier alpha value is -1.14. The molecular weight excluding hydrogens is 272 g/mol. The van der Waals surface area contributed by atoms with Crippen LogP contribution in [0.25, 0.3) is 0 Å². The predicted molar refractivity (Wildman–Crippen MR) is 75.6 cm³/mol. The van der Waals surface area contributed by atoms with E-state index in [0.29, 0.717) is 19.4 Å². The Morgan fingerprint density at radius 2 is 2.33 bits per heavy atom. The molecule has 5 atom stereocenters. The number of carbonyl (C=O) groups excluding carboxylic acids is 2. The molecule has 2 amide bonds. The molecule has 1 saturated carbocycles. The molecule has 6 nitrogen and oxygen atoms in total. The molecule has 2 heterocycles. The van der Waals surface area contributed by atoms with Crippen molar-refractivity contribution in [3.63, 3.8) is 0 Å². The summed E-state index contributed by atoms with van der Waals surface area (Å²) >= 11 is 0. The fraction of sp³-hybridized carbons (Fsp3) is 0.867. The second kappa shape index (κ2) is 6.32. The molecule has 3 fully saturated rings. The minimum Gasteiger partial charge on any atom is -0.378 e. The highest BCUT2D eigenvalue weighted by Crippen LogP contribution is 2.34. The van der Waals surface area contributed by atoms with Crippen molar-refractivity contribution in [1.29, 1.82) is 0 Å². The summed E-state index contributed by atoms with van der Waals surface area (Å²) in [5.74, 6) is 0.0879. The molecule has 21 heavy (non-hydrogen) atoms. The van der Waals surface area contributed by atoms with Gasteiger partial charge in [-0.1, -0.05) is 0 Å². The van der Waals surface area contributed by atoms with Crippen LogP contribution in [0.2, 0.25) is 0 Å². The van der Waals surface area contributed by atoms with Gasteiger partial charge in [-0.3, -0.25) is 9.59 Å². The van der Waals surface area contributed by atoms with Gasteiger partial charge >= 0.3 is 0 Å². The summed E-state index contributed by atoms with van der Waals surface area (Å²) in [7, 11) is 0. The zero-order valence-electron chi connectivity index (χ0n) is 12.5. The first kappa shape index (κ1) is 14.8. The molecule has 0 radical (unpaired) electrons. The Kier molecular flexibility index (Phi) is 4.45. The van der Waals surface area contributed by atoms with E-state index in [9.17, 15) is 9.59 Å². The highest BCUT2D eigenvalue weighted by Gasteiger charge is 2.46. The fourth-order valence-electron chi connectivity index (χ4n) is 3.36. The first-order valence-corrected chi connectivity index (χ1v) is 8.02. The maximum atomic E-state index is 12.3. The molecule has 3 rings (SSSR count). The van der Waals surface area contributed by atoms with Crippen molar-refractivity contribution in [3.8, 4) is 0 Å². The van der Waals surface area contributed by atoms with Gasteiger partial charge in [0.1, 0.15) is 0 Å². The topological polar surface area (TPSA) is 76.7 Å². The Bertz CT molecular complexity index is 408. The lowest BCUT2D eigenvalue weighted by atomic mass is 9.92. The molecular formula is C15H24N2O4. The molecule has 118 valence electrons. The first-order chi connectivity index (χ1) is 10.2. The van der Waals surface area contributed by atoms with Gasteiger partial charge < -0.3 is 20.1 Å². The Morgan fingerprint density at radius 1 is 1.48 bits per heavy atom. The van der Waals surface area contributed by atoms with Crippen LogP contribution >= 0.6 is 0 Å². The number of nitrogens with one attached hydrogen (secondary N) is 2. The Labute approximate surface area is 124 Å². The third-order valence-corrected chi connectivity index (χ3v) is 4.59. The van der Waals surface area contributed by atoms with Crippen LogP contribution < -0.4 is 10.6 Å². The highest BCUT2D eigenvalue weighted by molar-refractivity contribution is 5.83. The quantitative estimate of drug-likeness (QED) is 0.768. The lowest BCUT2D eigenvalue weighted by Crippen LogP contribution is -2.60. The van der Waals surface area contributed by atoms with Gasteiger partial charge in [0.05, 0.1) is 30.2 Å². The van der Waals surface area contributed by atoms with Gasteiger partial charge in [-0.05, 0) is 32.6 Å². The molecule has 6 heteroatoms. The van der Waals surface area contributed by atoms with E-state index in [0.717, 1.165) is 25.9 Å². The van der Waals surface area contributed by atoms with Crippen LogP contribution in [-0.2, 0) is 19.1 Å². The number of hydrogen-bond donors (Lipinski definition) is 2. The largest absolute Gasteiger partial charge is 0.378 e. The van der Waals surface area contributed by atoms with Crippen LogP contribution in [0.4, 0.5) is 0 Å². The van der Waals surface area contributed by atoms with Crippen molar-refractivity contribution in [2.45, 2.75) is 63.3 Å². The number of carbonyl (C=O) groups is 2. The van der Waals surface area contributed by atoms with Crippen LogP contribution in [0.3, 0.4) is 0 Å². The molecule has 2 N–H and O–H groups in total. The average Bonchev–Trinajstić information content (AvgIpc) is 3.02. The molecule has 3 aliphatic rings. The van der Waals surface area contributed by atoms with Gasteiger partial charge in [0.2, 0.25) is 11.8 Å². The number of amides is 2. The minimum absolute atomic E-state index is 0.0206. The summed E-state index contributed by atoms with van der Waals surface area (Å²) < 4.78 is 11.2. The van der Waals surface area contributed by atoms with Crippen LogP contribution in [0.5, 0.6) is 0 Å². The summed E-state index contributed by atoms with van der Waals surface area (Å²) in [4.78, 5) is 23.9. The molecule has 0 aromatic carbocycles. The summed E-state index contributed by atoms with van der Waals surface area (Å²) in [5.41, 5.74) is 0. The second-order valence-corrected chi connectivity index (χ2v) is 6.13. The lowest BCUT2D eigenvalue weighted by molar-refractivity contribution is -0.129. The van der Waals surface area contributed by atoms with Crippen molar-refractivity contribution in [2.24, 2.45) is 5.92 Å². The summed E-state index contributed by atoms with van der Waals surface area (Å²) in [6, 6.07) is -0.122. The Morgan fingerprint density at radius 3 is 3.05 bits per heavy atom. The third-order valence-electron chi connectivity index (χ3n) is 4.59. The van der Waals surface area contributed by atoms with E-state index < -0.39 is 0 Å². The lowest BCUT2D eigenvalue weighted by Gasteiger charge is -2.36. The van der Waals surface area contributed by atoms with Gasteiger partial charge in [-0.25, -0.2) is 0 Å². The van der Waals surface area contributed by atoms with Crippen LogP contribution in [-0.4, -0.2) is 49.3 Å². The zero-order valence-corrected chi connectivity index (χ0v) is 12.5. The molecule has 5 unspecified atom stereocenters. The van der Waals surface area contributed by atoms with Crippen molar-refractivity contribution in [1.82, 2.24) is 10.6 Å². The van der Waals surface area contributed by atoms with Gasteiger partial charge in [-0.2, -0.15) is 0 Å². The summed E-state index contributed by atoms with van der Waals surface area (Å²) in [6.07, 6.45) is 4.04. The molecule has 0 aromatic heterocycles. The van der Waals surface area contributed by atoms with E-state index in [1.54, 1.807) is 0 Å². The van der Waals surface area contributed by atoms with Crippen LogP contribution in [0.1, 0.15) is 39.0 Å². The number of hydrogen-bond acceptors (Lipinski definition) is 4. The third kappa shape index (κ3) is 3.37. The van der Waals surface area contributed by atoms with Gasteiger partial charge in [-0.15, -0.1) is 0 Å². The predicted octanol–water partition coefficient (Wildman–Crippen LogP) is 0.354. The van der Waals surface area contributed by atoms with Gasteiger partial charge in [0, 0.05) is 19.6 Å². The first-order valence-electron chi connectivity index (χ1n) is 8.02. The van der Waals surface area contributed by atoms with E-state index in [-0.39, 0.29) is 42.0 Å². The van der Waals surface area contributed by atoms with Crippen molar-refractivity contribution in [2.75, 3.05) is 13.2 Å². The van der Waals surface area contributed by atoms with E-state index in [1.807, 2.05) is 6.92 Å². The van der Waals surface area contributed by atoms with Crippen molar-refractivity contribution in [3.05, 3.63) is 0 Å². The zero-order chi connectivity index (χ0) is 14.8. The maximum Gasteiger partial charge on any atom is 0.226 e. The monoisotopic (exact) mass is 296 g/mol. The fourth-order valence-corrected chi connectivity index (χ4v) is 3.36. The maximum absolute atomic E-state index is 12.3. The van der Waals surface area contributed by atoms with E-state index >= 15 is 0 Å². The molecule has 0 spiro atoms. The molecule has 0 aromatic rings. The van der Waals surface area contributed by atoms with Crippen LogP contribution in [0, 0.1) is 5.92 Å². The smallest absolute Gasteiger partial charge is 0.226 e. The van der Waals surface area contributed by atoms with E-state index in [1.165, 1.54) is 0 Å². The highest BCUT2D eigenvalue weighted by atomic mass is 16.5. The second-order valence-electron chi connectivity index (χ2n) is 6.13.